The number of aryl methyl sites for hydroxylation is 2. The minimum atomic E-state index is -1.17. The molecule has 0 amide bonds. The van der Waals surface area contributed by atoms with Crippen molar-refractivity contribution in [3.8, 4) is 0 Å². The first-order chi connectivity index (χ1) is 9.01. The van der Waals surface area contributed by atoms with Crippen LogP contribution in [0.1, 0.15) is 35.6 Å². The third-order valence-corrected chi connectivity index (χ3v) is 3.22. The Bertz CT molecular complexity index is 717. The van der Waals surface area contributed by atoms with E-state index in [1.807, 2.05) is 25.3 Å². The summed E-state index contributed by atoms with van der Waals surface area (Å²) in [7, 11) is 0. The average molecular weight is 260 g/mol. The molecule has 0 radical (unpaired) electrons. The first kappa shape index (κ1) is 13.3. The van der Waals surface area contributed by atoms with Gasteiger partial charge in [-0.1, -0.05) is 6.92 Å². The van der Waals surface area contributed by atoms with Gasteiger partial charge in [-0.05, 0) is 32.4 Å². The molecule has 19 heavy (non-hydrogen) atoms. The van der Waals surface area contributed by atoms with Gasteiger partial charge in [0.05, 0.1) is 5.39 Å². The Morgan fingerprint density at radius 1 is 1.37 bits per heavy atom. The fraction of sp³-hybridized carbons (Fsp3) is 0.357. The number of rotatable bonds is 3. The predicted molar refractivity (Wildman–Crippen MR) is 72.8 cm³/mol. The SMILES string of the molecule is CCc1c(C(=O)O)c(=O)c2ccc(C)nc2n1CC. The van der Waals surface area contributed by atoms with E-state index >= 15 is 0 Å². The van der Waals surface area contributed by atoms with Crippen molar-refractivity contribution in [3.63, 3.8) is 0 Å². The predicted octanol–water partition coefficient (Wildman–Crippen LogP) is 1.99. The van der Waals surface area contributed by atoms with Crippen LogP contribution in [0, 0.1) is 6.92 Å². The number of carboxylic acid groups (broad SMARTS) is 1. The Labute approximate surface area is 110 Å². The molecule has 5 nitrogen and oxygen atoms in total. The molecule has 1 N–H and O–H groups in total. The lowest BCUT2D eigenvalue weighted by Gasteiger charge is -2.16. The molecule has 5 heteroatoms. The molecule has 2 aromatic rings. The molecule has 0 unspecified atom stereocenters. The van der Waals surface area contributed by atoms with Crippen molar-refractivity contribution in [2.24, 2.45) is 0 Å². The quantitative estimate of drug-likeness (QED) is 0.916. The molecule has 2 rings (SSSR count). The summed E-state index contributed by atoms with van der Waals surface area (Å²) in [4.78, 5) is 28.0. The monoisotopic (exact) mass is 260 g/mol. The van der Waals surface area contributed by atoms with Crippen LogP contribution in [0.5, 0.6) is 0 Å². The number of nitrogens with zero attached hydrogens (tertiary/aromatic N) is 2. The minimum Gasteiger partial charge on any atom is -0.477 e. The Morgan fingerprint density at radius 3 is 2.58 bits per heavy atom. The van der Waals surface area contributed by atoms with Crippen LogP contribution in [-0.4, -0.2) is 20.6 Å². The maximum atomic E-state index is 12.3. The maximum Gasteiger partial charge on any atom is 0.341 e. The summed E-state index contributed by atoms with van der Waals surface area (Å²) in [5.74, 6) is -1.17. The molecule has 0 aliphatic carbocycles. The van der Waals surface area contributed by atoms with Crippen molar-refractivity contribution in [2.75, 3.05) is 0 Å². The lowest BCUT2D eigenvalue weighted by Crippen LogP contribution is -2.24. The molecule has 0 aliphatic heterocycles. The van der Waals surface area contributed by atoms with Gasteiger partial charge in [0.25, 0.3) is 0 Å². The van der Waals surface area contributed by atoms with Gasteiger partial charge in [-0.3, -0.25) is 4.79 Å². The zero-order chi connectivity index (χ0) is 14.2. The van der Waals surface area contributed by atoms with E-state index in [4.69, 9.17) is 0 Å². The van der Waals surface area contributed by atoms with Gasteiger partial charge in [-0.15, -0.1) is 0 Å². The summed E-state index contributed by atoms with van der Waals surface area (Å²) in [6.45, 7) is 6.19. The van der Waals surface area contributed by atoms with Crippen molar-refractivity contribution in [1.82, 2.24) is 9.55 Å². The molecule has 0 saturated heterocycles. The highest BCUT2D eigenvalue weighted by atomic mass is 16.4. The van der Waals surface area contributed by atoms with Crippen molar-refractivity contribution in [3.05, 3.63) is 39.3 Å². The molecular formula is C14H16N2O3. The van der Waals surface area contributed by atoms with Crippen LogP contribution >= 0.6 is 0 Å². The fourth-order valence-corrected chi connectivity index (χ4v) is 2.38. The highest BCUT2D eigenvalue weighted by molar-refractivity contribution is 5.93. The van der Waals surface area contributed by atoms with Gasteiger partial charge in [-0.25, -0.2) is 9.78 Å². The Balaban J connectivity index is 3.06. The van der Waals surface area contributed by atoms with Crippen molar-refractivity contribution in [2.45, 2.75) is 33.7 Å². The number of carbonyl (C=O) groups is 1. The number of fused-ring (bicyclic) bond motifs is 1. The van der Waals surface area contributed by atoms with E-state index < -0.39 is 11.4 Å². The zero-order valence-electron chi connectivity index (χ0n) is 11.2. The van der Waals surface area contributed by atoms with Crippen LogP contribution < -0.4 is 5.43 Å². The summed E-state index contributed by atoms with van der Waals surface area (Å²) < 4.78 is 1.81. The fourth-order valence-electron chi connectivity index (χ4n) is 2.38. The summed E-state index contributed by atoms with van der Waals surface area (Å²) in [5, 5.41) is 9.64. The summed E-state index contributed by atoms with van der Waals surface area (Å²) in [5.41, 5.74) is 1.32. The molecule has 0 aromatic carbocycles. The van der Waals surface area contributed by atoms with Crippen LogP contribution in [-0.2, 0) is 13.0 Å². The molecule has 0 fully saturated rings. The normalized spacial score (nSPS) is 10.9. The van der Waals surface area contributed by atoms with Crippen LogP contribution in [0.15, 0.2) is 16.9 Å². The average Bonchev–Trinajstić information content (AvgIpc) is 2.37. The van der Waals surface area contributed by atoms with Crippen molar-refractivity contribution >= 4 is 17.0 Å². The van der Waals surface area contributed by atoms with Gasteiger partial charge in [0, 0.05) is 17.9 Å². The van der Waals surface area contributed by atoms with Crippen LogP contribution in [0.2, 0.25) is 0 Å². The number of aromatic carboxylic acids is 1. The smallest absolute Gasteiger partial charge is 0.341 e. The van der Waals surface area contributed by atoms with Gasteiger partial charge in [0.15, 0.2) is 0 Å². The molecular weight excluding hydrogens is 244 g/mol. The first-order valence-corrected chi connectivity index (χ1v) is 6.27. The van der Waals surface area contributed by atoms with E-state index in [1.54, 1.807) is 12.1 Å². The lowest BCUT2D eigenvalue weighted by molar-refractivity contribution is 0.0693. The van der Waals surface area contributed by atoms with Crippen LogP contribution in [0.3, 0.4) is 0 Å². The Morgan fingerprint density at radius 2 is 2.05 bits per heavy atom. The molecule has 0 aliphatic rings. The maximum absolute atomic E-state index is 12.3. The van der Waals surface area contributed by atoms with Gasteiger partial charge in [-0.2, -0.15) is 0 Å². The number of hydrogen-bond donors (Lipinski definition) is 1. The third kappa shape index (κ3) is 2.01. The molecule has 2 aromatic heterocycles. The number of carboxylic acids is 1. The Kier molecular flexibility index (Phi) is 3.38. The van der Waals surface area contributed by atoms with E-state index in [9.17, 15) is 14.7 Å². The molecule has 0 saturated carbocycles. The van der Waals surface area contributed by atoms with Gasteiger partial charge in [0.2, 0.25) is 5.43 Å². The standard InChI is InChI=1S/C14H16N2O3/c1-4-10-11(14(18)19)12(17)9-7-6-8(3)15-13(9)16(10)5-2/h6-7H,4-5H2,1-3H3,(H,18,19). The molecule has 0 spiro atoms. The van der Waals surface area contributed by atoms with E-state index in [2.05, 4.69) is 4.98 Å². The minimum absolute atomic E-state index is 0.137. The van der Waals surface area contributed by atoms with E-state index in [-0.39, 0.29) is 5.56 Å². The molecule has 100 valence electrons. The Hall–Kier alpha value is -2.17. The van der Waals surface area contributed by atoms with Gasteiger partial charge >= 0.3 is 5.97 Å². The topological polar surface area (TPSA) is 72.2 Å². The second kappa shape index (κ2) is 4.84. The molecule has 0 atom stereocenters. The highest BCUT2D eigenvalue weighted by Crippen LogP contribution is 2.16. The second-order valence-electron chi connectivity index (χ2n) is 4.38. The number of pyridine rings is 2. The molecule has 0 bridgehead atoms. The van der Waals surface area contributed by atoms with Gasteiger partial charge in [0.1, 0.15) is 11.2 Å². The van der Waals surface area contributed by atoms with E-state index in [1.165, 1.54) is 0 Å². The largest absolute Gasteiger partial charge is 0.477 e. The third-order valence-electron chi connectivity index (χ3n) is 3.22. The van der Waals surface area contributed by atoms with Crippen molar-refractivity contribution < 1.29 is 9.90 Å². The second-order valence-corrected chi connectivity index (χ2v) is 4.38. The van der Waals surface area contributed by atoms with Crippen LogP contribution in [0.4, 0.5) is 0 Å². The van der Waals surface area contributed by atoms with E-state index in [0.717, 1.165) is 5.69 Å². The zero-order valence-corrected chi connectivity index (χ0v) is 11.2. The highest BCUT2D eigenvalue weighted by Gasteiger charge is 2.20. The number of aromatic nitrogens is 2. The first-order valence-electron chi connectivity index (χ1n) is 6.27. The van der Waals surface area contributed by atoms with Crippen LogP contribution in [0.25, 0.3) is 11.0 Å². The molecule has 2 heterocycles. The summed E-state index contributed by atoms with van der Waals surface area (Å²) in [6.07, 6.45) is 0.482. The lowest BCUT2D eigenvalue weighted by atomic mass is 10.1. The van der Waals surface area contributed by atoms with E-state index in [0.29, 0.717) is 29.7 Å². The van der Waals surface area contributed by atoms with Gasteiger partial charge < -0.3 is 9.67 Å². The summed E-state index contributed by atoms with van der Waals surface area (Å²) in [6, 6.07) is 3.37. The number of hydrogen-bond acceptors (Lipinski definition) is 3. The summed E-state index contributed by atoms with van der Waals surface area (Å²) >= 11 is 0. The van der Waals surface area contributed by atoms with Crippen molar-refractivity contribution in [1.29, 1.82) is 0 Å².